The van der Waals surface area contributed by atoms with Crippen molar-refractivity contribution in [2.75, 3.05) is 18.2 Å². The molecule has 0 unspecified atom stereocenters. The van der Waals surface area contributed by atoms with Crippen LogP contribution >= 0.6 is 23.1 Å². The van der Waals surface area contributed by atoms with Gasteiger partial charge >= 0.3 is 0 Å². The Labute approximate surface area is 227 Å². The second kappa shape index (κ2) is 11.9. The highest BCUT2D eigenvalue weighted by Gasteiger charge is 2.17. The fourth-order valence-corrected chi connectivity index (χ4v) is 5.38. The normalized spacial score (nSPS) is 10.9. The number of amides is 2. The summed E-state index contributed by atoms with van der Waals surface area (Å²) in [6.07, 6.45) is 0.233. The maximum Gasteiger partial charge on any atom is 0.236 e. The third-order valence-electron chi connectivity index (χ3n) is 5.55. The van der Waals surface area contributed by atoms with Gasteiger partial charge in [0.15, 0.2) is 16.1 Å². The van der Waals surface area contributed by atoms with E-state index in [1.54, 1.807) is 7.11 Å². The van der Waals surface area contributed by atoms with Gasteiger partial charge in [0.25, 0.3) is 0 Å². The van der Waals surface area contributed by atoms with Gasteiger partial charge in [0.1, 0.15) is 5.75 Å². The Bertz CT molecular complexity index is 1520. The van der Waals surface area contributed by atoms with Crippen LogP contribution in [0.2, 0.25) is 0 Å². The van der Waals surface area contributed by atoms with Crippen LogP contribution in [-0.4, -0.2) is 44.4 Å². The second-order valence-electron chi connectivity index (χ2n) is 8.19. The van der Waals surface area contributed by atoms with Gasteiger partial charge < -0.3 is 15.4 Å². The molecular weight excluding hydrogens is 520 g/mol. The highest BCUT2D eigenvalue weighted by Crippen LogP contribution is 2.26. The third-order valence-corrected chi connectivity index (χ3v) is 7.44. The van der Waals surface area contributed by atoms with Crippen molar-refractivity contribution in [2.24, 2.45) is 0 Å². The van der Waals surface area contributed by atoms with E-state index in [0.717, 1.165) is 27.2 Å². The molecule has 2 heterocycles. The quantitative estimate of drug-likeness (QED) is 0.250. The zero-order chi connectivity index (χ0) is 26.3. The summed E-state index contributed by atoms with van der Waals surface area (Å²) >= 11 is 2.70. The topological polar surface area (TPSA) is 111 Å². The first-order valence-electron chi connectivity index (χ1n) is 11.8. The Morgan fingerprint density at radius 3 is 2.47 bits per heavy atom. The van der Waals surface area contributed by atoms with Crippen LogP contribution in [0.15, 0.2) is 84.0 Å². The van der Waals surface area contributed by atoms with Crippen molar-refractivity contribution in [1.82, 2.24) is 25.1 Å². The Balaban J connectivity index is 1.24. The lowest BCUT2D eigenvalue weighted by molar-refractivity contribution is -0.120. The fraction of sp³-hybridized carbons (Fsp3) is 0.148. The Morgan fingerprint density at radius 2 is 1.71 bits per heavy atom. The molecule has 3 aromatic carbocycles. The lowest BCUT2D eigenvalue weighted by Gasteiger charge is -2.11. The van der Waals surface area contributed by atoms with Gasteiger partial charge in [0.05, 0.1) is 36.0 Å². The summed E-state index contributed by atoms with van der Waals surface area (Å²) in [4.78, 5) is 29.7. The molecule has 2 N–H and O–H groups in total. The van der Waals surface area contributed by atoms with E-state index in [2.05, 4.69) is 25.8 Å². The van der Waals surface area contributed by atoms with Crippen LogP contribution in [0.3, 0.4) is 0 Å². The maximum atomic E-state index is 12.7. The number of nitrogens with one attached hydrogen (secondary N) is 2. The van der Waals surface area contributed by atoms with Crippen molar-refractivity contribution in [1.29, 1.82) is 0 Å². The van der Waals surface area contributed by atoms with Gasteiger partial charge in [-0.3, -0.25) is 14.2 Å². The number of hydrogen-bond acceptors (Lipinski definition) is 8. The van der Waals surface area contributed by atoms with Crippen molar-refractivity contribution in [3.05, 3.63) is 90.3 Å². The number of thioether (sulfide) groups is 1. The predicted octanol–water partition coefficient (Wildman–Crippen LogP) is 4.48. The maximum absolute atomic E-state index is 12.7. The Morgan fingerprint density at radius 1 is 0.947 bits per heavy atom. The minimum Gasteiger partial charge on any atom is -0.497 e. The fourth-order valence-electron chi connectivity index (χ4n) is 3.72. The van der Waals surface area contributed by atoms with E-state index in [4.69, 9.17) is 4.74 Å². The Hall–Kier alpha value is -4.22. The third kappa shape index (κ3) is 6.18. The van der Waals surface area contributed by atoms with Crippen molar-refractivity contribution in [3.8, 4) is 11.4 Å². The highest BCUT2D eigenvalue weighted by atomic mass is 32.2. The van der Waals surface area contributed by atoms with E-state index in [9.17, 15) is 9.59 Å². The summed E-state index contributed by atoms with van der Waals surface area (Å²) in [6, 6.07) is 24.7. The van der Waals surface area contributed by atoms with Gasteiger partial charge in [-0.1, -0.05) is 65.6 Å². The van der Waals surface area contributed by atoms with Gasteiger partial charge in [0.2, 0.25) is 11.8 Å². The molecule has 5 aromatic rings. The van der Waals surface area contributed by atoms with E-state index in [-0.39, 0.29) is 30.5 Å². The summed E-state index contributed by atoms with van der Waals surface area (Å²) in [7, 11) is 1.60. The number of anilines is 1. The van der Waals surface area contributed by atoms with Crippen LogP contribution in [-0.2, 0) is 22.6 Å². The number of thiazole rings is 1. The molecular formula is C27H24N6O3S2. The lowest BCUT2D eigenvalue weighted by atomic mass is 10.1. The molecule has 2 amide bonds. The van der Waals surface area contributed by atoms with E-state index >= 15 is 0 Å². The average molecular weight is 545 g/mol. The molecule has 0 aliphatic carbocycles. The molecule has 0 aliphatic rings. The van der Waals surface area contributed by atoms with Crippen LogP contribution in [0.5, 0.6) is 5.75 Å². The number of para-hydroxylation sites is 2. The number of carbonyl (C=O) groups is 2. The number of rotatable bonds is 10. The van der Waals surface area contributed by atoms with Gasteiger partial charge in [-0.15, -0.1) is 10.2 Å². The average Bonchev–Trinajstić information content (AvgIpc) is 3.55. The molecule has 0 saturated carbocycles. The van der Waals surface area contributed by atoms with E-state index in [0.29, 0.717) is 16.1 Å². The zero-order valence-corrected chi connectivity index (χ0v) is 22.1. The summed E-state index contributed by atoms with van der Waals surface area (Å²) < 4.78 is 8.03. The summed E-state index contributed by atoms with van der Waals surface area (Å²) in [5.41, 5.74) is 2.57. The lowest BCUT2D eigenvalue weighted by Crippen LogP contribution is -2.26. The van der Waals surface area contributed by atoms with Crippen molar-refractivity contribution in [2.45, 2.75) is 18.1 Å². The van der Waals surface area contributed by atoms with Gasteiger partial charge in [-0.2, -0.15) is 0 Å². The van der Waals surface area contributed by atoms with Crippen LogP contribution in [0.4, 0.5) is 5.13 Å². The standard InChI is InChI=1S/C27H24N6O3S2/c1-36-20-13-11-18(12-14-20)15-24(34)28-16-23-31-32-27(33(23)19-7-3-2-4-8-19)37-17-25(35)30-26-29-21-9-5-6-10-22(21)38-26/h2-14H,15-17H2,1H3,(H,28,34)(H,29,30,35). The summed E-state index contributed by atoms with van der Waals surface area (Å²) in [6.45, 7) is 0.190. The predicted molar refractivity (Wildman–Crippen MR) is 149 cm³/mol. The summed E-state index contributed by atoms with van der Waals surface area (Å²) in [5.74, 6) is 1.11. The molecule has 0 aliphatic heterocycles. The molecule has 192 valence electrons. The Kier molecular flexibility index (Phi) is 7.95. The SMILES string of the molecule is COc1ccc(CC(=O)NCc2nnc(SCC(=O)Nc3nc4ccccc4s3)n2-c2ccccc2)cc1. The largest absolute Gasteiger partial charge is 0.497 e. The molecule has 5 rings (SSSR count). The number of methoxy groups -OCH3 is 1. The van der Waals surface area contributed by atoms with Crippen LogP contribution in [0, 0.1) is 0 Å². The molecule has 0 atom stereocenters. The monoisotopic (exact) mass is 544 g/mol. The molecule has 9 nitrogen and oxygen atoms in total. The molecule has 11 heteroatoms. The van der Waals surface area contributed by atoms with Crippen LogP contribution < -0.4 is 15.4 Å². The molecule has 0 radical (unpaired) electrons. The first kappa shape index (κ1) is 25.4. The molecule has 0 spiro atoms. The molecule has 0 bridgehead atoms. The van der Waals surface area contributed by atoms with Gasteiger partial charge in [0, 0.05) is 5.69 Å². The van der Waals surface area contributed by atoms with Crippen LogP contribution in [0.25, 0.3) is 15.9 Å². The van der Waals surface area contributed by atoms with E-state index < -0.39 is 0 Å². The second-order valence-corrected chi connectivity index (χ2v) is 10.2. The van der Waals surface area contributed by atoms with Gasteiger partial charge in [-0.25, -0.2) is 4.98 Å². The number of benzene rings is 3. The summed E-state index contributed by atoms with van der Waals surface area (Å²) in [5, 5.41) is 15.5. The number of nitrogens with zero attached hydrogens (tertiary/aromatic N) is 4. The number of aromatic nitrogens is 4. The number of hydrogen-bond donors (Lipinski definition) is 2. The molecule has 0 saturated heterocycles. The minimum absolute atomic E-state index is 0.130. The highest BCUT2D eigenvalue weighted by molar-refractivity contribution is 7.99. The van der Waals surface area contributed by atoms with Crippen molar-refractivity contribution < 1.29 is 14.3 Å². The zero-order valence-electron chi connectivity index (χ0n) is 20.5. The molecule has 0 fully saturated rings. The first-order valence-corrected chi connectivity index (χ1v) is 13.6. The first-order chi connectivity index (χ1) is 18.6. The number of ether oxygens (including phenoxy) is 1. The van der Waals surface area contributed by atoms with Crippen LogP contribution in [0.1, 0.15) is 11.4 Å². The molecule has 2 aromatic heterocycles. The number of fused-ring (bicyclic) bond motifs is 1. The van der Waals surface area contributed by atoms with Crippen molar-refractivity contribution in [3.63, 3.8) is 0 Å². The smallest absolute Gasteiger partial charge is 0.236 e. The van der Waals surface area contributed by atoms with E-state index in [1.165, 1.54) is 23.1 Å². The number of carbonyl (C=O) groups excluding carboxylic acids is 2. The van der Waals surface area contributed by atoms with Gasteiger partial charge in [-0.05, 0) is 42.0 Å². The van der Waals surface area contributed by atoms with Crippen molar-refractivity contribution >= 4 is 50.3 Å². The van der Waals surface area contributed by atoms with E-state index in [1.807, 2.05) is 83.4 Å². The minimum atomic E-state index is -0.189. The molecule has 38 heavy (non-hydrogen) atoms.